The Balaban J connectivity index is 2.16. The van der Waals surface area contributed by atoms with Crippen LogP contribution in [-0.2, 0) is 42.9 Å². The van der Waals surface area contributed by atoms with Crippen molar-refractivity contribution in [2.75, 3.05) is 38.4 Å². The van der Waals surface area contributed by atoms with Gasteiger partial charge in [0.15, 0.2) is 0 Å². The molecule has 3 aliphatic rings. The summed E-state index contributed by atoms with van der Waals surface area (Å²) in [4.78, 5) is 71.2. The van der Waals surface area contributed by atoms with Crippen LogP contribution in [0.25, 0.3) is 5.57 Å². The third kappa shape index (κ3) is 6.62. The van der Waals surface area contributed by atoms with Crippen molar-refractivity contribution in [2.24, 2.45) is 0 Å². The van der Waals surface area contributed by atoms with Crippen LogP contribution < -0.4 is 9.64 Å². The maximum Gasteiger partial charge on any atom is 0.346 e. The normalized spacial score (nSPS) is 17.5. The molecule has 0 N–H and O–H groups in total. The molecular weight excluding hydrogens is 679 g/mol. The van der Waals surface area contributed by atoms with Gasteiger partial charge in [-0.25, -0.2) is 19.2 Å². The van der Waals surface area contributed by atoms with Crippen molar-refractivity contribution in [2.45, 2.75) is 77.3 Å². The second-order valence-corrected chi connectivity index (χ2v) is 14.9. The molecule has 3 heterocycles. The molecule has 4 rings (SSSR count). The van der Waals surface area contributed by atoms with E-state index in [9.17, 15) is 24.0 Å². The molecule has 0 aromatic heterocycles. The van der Waals surface area contributed by atoms with E-state index in [-0.39, 0.29) is 59.0 Å². The van der Waals surface area contributed by atoms with Gasteiger partial charge >= 0.3 is 23.9 Å². The van der Waals surface area contributed by atoms with E-state index >= 15 is 0 Å². The van der Waals surface area contributed by atoms with Crippen molar-refractivity contribution < 1.29 is 47.7 Å². The van der Waals surface area contributed by atoms with Crippen molar-refractivity contribution in [3.05, 3.63) is 49.0 Å². The van der Waals surface area contributed by atoms with Crippen LogP contribution in [0.1, 0.15) is 73.3 Å². The summed E-state index contributed by atoms with van der Waals surface area (Å²) in [6.07, 6.45) is 1.76. The molecule has 0 bridgehead atoms. The van der Waals surface area contributed by atoms with E-state index in [0.717, 1.165) is 41.7 Å². The van der Waals surface area contributed by atoms with Gasteiger partial charge in [0.2, 0.25) is 5.91 Å². The van der Waals surface area contributed by atoms with Crippen LogP contribution in [0.15, 0.2) is 43.4 Å². The van der Waals surface area contributed by atoms with E-state index in [1.165, 1.54) is 7.11 Å². The van der Waals surface area contributed by atoms with Gasteiger partial charge in [-0.2, -0.15) is 0 Å². The van der Waals surface area contributed by atoms with Crippen LogP contribution in [0.3, 0.4) is 0 Å². The van der Waals surface area contributed by atoms with Crippen LogP contribution in [0.4, 0.5) is 5.69 Å². The number of rotatable bonds is 12. The minimum atomic E-state index is -1.66. The smallest absolute Gasteiger partial charge is 0.346 e. The number of thioether (sulfide) groups is 3. The summed E-state index contributed by atoms with van der Waals surface area (Å²) in [5.41, 5.74) is 0.414. The first kappa shape index (κ1) is 37.5. The maximum absolute atomic E-state index is 14.2. The van der Waals surface area contributed by atoms with Gasteiger partial charge in [-0.15, -0.1) is 0 Å². The van der Waals surface area contributed by atoms with Gasteiger partial charge in [-0.05, 0) is 66.2 Å². The number of fused-ring (bicyclic) bond motifs is 3. The lowest BCUT2D eigenvalue weighted by Crippen LogP contribution is -2.53. The number of nitrogens with zero attached hydrogens (tertiary/aromatic N) is 1. The fourth-order valence-electron chi connectivity index (χ4n) is 5.72. The van der Waals surface area contributed by atoms with Gasteiger partial charge in [-0.3, -0.25) is 4.79 Å². The SMILES string of the molecule is CCCCC(=O)N1c2ccc(OC)cc2C2=C(SC(C(=O)OCC)=C(C(=O)OCC)C23SC(C(=O)OCC)=C(C(=O)OCC)S3)C1(C)C. The number of carbonyl (C=O) groups excluding carboxylic acids is 5. The number of hydrogen-bond acceptors (Lipinski definition) is 13. The highest BCUT2D eigenvalue weighted by molar-refractivity contribution is 8.26. The Morgan fingerprint density at radius 2 is 1.27 bits per heavy atom. The van der Waals surface area contributed by atoms with E-state index in [1.54, 1.807) is 50.8 Å². The Labute approximate surface area is 293 Å². The summed E-state index contributed by atoms with van der Waals surface area (Å²) in [6, 6.07) is 5.29. The minimum Gasteiger partial charge on any atom is -0.497 e. The molecule has 0 atom stereocenters. The number of carbonyl (C=O) groups is 5. The minimum absolute atomic E-state index is 0.0150. The van der Waals surface area contributed by atoms with Crippen molar-refractivity contribution in [1.82, 2.24) is 0 Å². The lowest BCUT2D eigenvalue weighted by Gasteiger charge is -2.51. The number of amides is 1. The van der Waals surface area contributed by atoms with Crippen LogP contribution in [0, 0.1) is 0 Å². The predicted molar refractivity (Wildman–Crippen MR) is 187 cm³/mol. The van der Waals surface area contributed by atoms with E-state index in [1.807, 2.05) is 20.8 Å². The van der Waals surface area contributed by atoms with Gasteiger partial charge in [0.05, 0.1) is 50.3 Å². The molecule has 0 aliphatic carbocycles. The van der Waals surface area contributed by atoms with Gasteiger partial charge in [0, 0.05) is 22.5 Å². The van der Waals surface area contributed by atoms with E-state index in [4.69, 9.17) is 23.7 Å². The van der Waals surface area contributed by atoms with E-state index < -0.39 is 33.5 Å². The van der Waals surface area contributed by atoms with Gasteiger partial charge in [-0.1, -0.05) is 48.6 Å². The standard InChI is InChI=1S/C34H41NO10S3/c1-9-14-15-22(36)35-21-17-16-19(41-8)18-20(21)23-28(33(35,6)7)46-25(30(38)43-11-3)24(29(37)42-10-2)34(23)47-26(31(39)44-12-4)27(48-34)32(40)45-13-5/h16-18H,9-15H2,1-8H3. The number of methoxy groups -OCH3 is 1. The molecule has 0 fully saturated rings. The first-order chi connectivity index (χ1) is 22.9. The van der Waals surface area contributed by atoms with Gasteiger partial charge in [0.1, 0.15) is 24.5 Å². The molecule has 0 unspecified atom stereocenters. The lowest BCUT2D eigenvalue weighted by atomic mass is 9.83. The maximum atomic E-state index is 14.2. The molecule has 1 aromatic carbocycles. The van der Waals surface area contributed by atoms with E-state index in [2.05, 4.69) is 0 Å². The van der Waals surface area contributed by atoms with Crippen LogP contribution >= 0.6 is 35.3 Å². The van der Waals surface area contributed by atoms with Crippen LogP contribution in [0.5, 0.6) is 5.75 Å². The highest BCUT2D eigenvalue weighted by Gasteiger charge is 2.62. The van der Waals surface area contributed by atoms with E-state index in [0.29, 0.717) is 33.9 Å². The summed E-state index contributed by atoms with van der Waals surface area (Å²) < 4.78 is 25.8. The van der Waals surface area contributed by atoms with Gasteiger partial charge in [0.25, 0.3) is 0 Å². The number of unbranched alkanes of at least 4 members (excludes halogenated alkanes) is 1. The topological polar surface area (TPSA) is 135 Å². The zero-order chi connectivity index (χ0) is 35.4. The number of hydrogen-bond donors (Lipinski definition) is 0. The van der Waals surface area contributed by atoms with Crippen molar-refractivity contribution in [3.8, 4) is 5.75 Å². The molecule has 0 saturated carbocycles. The second kappa shape index (κ2) is 15.5. The predicted octanol–water partition coefficient (Wildman–Crippen LogP) is 6.36. The first-order valence-corrected chi connectivity index (χ1v) is 18.3. The Morgan fingerprint density at radius 1 is 0.750 bits per heavy atom. The van der Waals surface area contributed by atoms with Gasteiger partial charge < -0.3 is 28.6 Å². The Bertz CT molecular complexity index is 1580. The highest BCUT2D eigenvalue weighted by Crippen LogP contribution is 2.71. The molecule has 14 heteroatoms. The molecule has 1 spiro atoms. The molecule has 3 aliphatic heterocycles. The Hall–Kier alpha value is -3.36. The molecule has 260 valence electrons. The first-order valence-electron chi connectivity index (χ1n) is 15.9. The molecule has 0 saturated heterocycles. The third-order valence-electron chi connectivity index (χ3n) is 7.70. The summed E-state index contributed by atoms with van der Waals surface area (Å²) in [5.74, 6) is -2.83. The Morgan fingerprint density at radius 3 is 1.77 bits per heavy atom. The summed E-state index contributed by atoms with van der Waals surface area (Å²) in [7, 11) is 1.51. The summed E-state index contributed by atoms with van der Waals surface area (Å²) in [5, 5.41) is 0. The number of ether oxygens (including phenoxy) is 5. The molecule has 1 aromatic rings. The number of anilines is 1. The average Bonchev–Trinajstić information content (AvgIpc) is 3.44. The average molecular weight is 720 g/mol. The Kier molecular flexibility index (Phi) is 12.1. The molecular formula is C34H41NO10S3. The third-order valence-corrected chi connectivity index (χ3v) is 12.4. The van der Waals surface area contributed by atoms with Crippen LogP contribution in [0.2, 0.25) is 0 Å². The summed E-state index contributed by atoms with van der Waals surface area (Å²) in [6.45, 7) is 12.4. The van der Waals surface area contributed by atoms with Crippen molar-refractivity contribution >= 4 is 76.3 Å². The number of esters is 4. The van der Waals surface area contributed by atoms with Crippen molar-refractivity contribution in [1.29, 1.82) is 0 Å². The lowest BCUT2D eigenvalue weighted by molar-refractivity contribution is -0.141. The molecule has 0 radical (unpaired) electrons. The fraction of sp³-hybridized carbons (Fsp3) is 0.500. The molecule has 48 heavy (non-hydrogen) atoms. The fourth-order valence-corrected chi connectivity index (χ4v) is 10.7. The number of benzene rings is 1. The zero-order valence-electron chi connectivity index (χ0n) is 28.4. The molecule has 1 amide bonds. The molecule has 11 nitrogen and oxygen atoms in total. The summed E-state index contributed by atoms with van der Waals surface area (Å²) >= 11 is 2.86. The van der Waals surface area contributed by atoms with Crippen molar-refractivity contribution in [3.63, 3.8) is 0 Å². The quantitative estimate of drug-likeness (QED) is 0.175. The largest absolute Gasteiger partial charge is 0.497 e. The zero-order valence-corrected chi connectivity index (χ0v) is 30.9. The second-order valence-electron chi connectivity index (χ2n) is 11.1. The van der Waals surface area contributed by atoms with Crippen LogP contribution in [-0.4, -0.2) is 72.9 Å². The monoisotopic (exact) mass is 719 g/mol. The highest BCUT2D eigenvalue weighted by atomic mass is 32.2.